The summed E-state index contributed by atoms with van der Waals surface area (Å²) in [5.41, 5.74) is 0.805. The minimum atomic E-state index is -5.19. The Balaban J connectivity index is 0.000000616. The molecule has 1 aromatic rings. The number of amides is 1. The molecule has 1 saturated carbocycles. The second kappa shape index (κ2) is 14.9. The quantitative estimate of drug-likeness (QED) is 0.491. The minimum Gasteiger partial charge on any atom is -0.542 e. The summed E-state index contributed by atoms with van der Waals surface area (Å²) in [6.45, 7) is 10.2. The summed E-state index contributed by atoms with van der Waals surface area (Å²) in [5, 5.41) is 9.52. The summed E-state index contributed by atoms with van der Waals surface area (Å²) in [6.07, 6.45) is 3.09. The second-order valence-electron chi connectivity index (χ2n) is 12.1. The van der Waals surface area contributed by atoms with Crippen molar-refractivity contribution in [2.45, 2.75) is 90.3 Å². The number of carboxylic acid groups (broad SMARTS) is 1. The second-order valence-corrected chi connectivity index (χ2v) is 12.6. The first-order valence-corrected chi connectivity index (χ1v) is 15.5. The third-order valence-corrected chi connectivity index (χ3v) is 9.70. The van der Waals surface area contributed by atoms with Gasteiger partial charge >= 0.3 is 12.1 Å². The van der Waals surface area contributed by atoms with Gasteiger partial charge in [0.25, 0.3) is 0 Å². The molecule has 3 aliphatic rings. The summed E-state index contributed by atoms with van der Waals surface area (Å²) >= 11 is 6.17. The maximum absolute atomic E-state index is 13.9. The van der Waals surface area contributed by atoms with Crippen LogP contribution in [-0.4, -0.2) is 67.7 Å². The van der Waals surface area contributed by atoms with Crippen LogP contribution in [0.1, 0.15) is 83.6 Å². The maximum atomic E-state index is 13.9. The van der Waals surface area contributed by atoms with Crippen LogP contribution in [0.15, 0.2) is 24.3 Å². The number of ether oxygens (including phenoxy) is 1. The van der Waals surface area contributed by atoms with Gasteiger partial charge in [-0.25, -0.2) is 0 Å². The average Bonchev–Trinajstić information content (AvgIpc) is 2.97. The molecule has 3 unspecified atom stereocenters. The molecule has 4 rings (SSSR count). The molecule has 0 aromatic heterocycles. The van der Waals surface area contributed by atoms with Crippen molar-refractivity contribution in [2.24, 2.45) is 17.3 Å². The van der Waals surface area contributed by atoms with Crippen molar-refractivity contribution < 1.29 is 42.3 Å². The minimum absolute atomic E-state index is 0.0107. The van der Waals surface area contributed by atoms with Crippen LogP contribution < -0.4 is 10.0 Å². The van der Waals surface area contributed by atoms with Crippen molar-refractivity contribution in [3.8, 4) is 0 Å². The van der Waals surface area contributed by atoms with Crippen molar-refractivity contribution in [2.75, 3.05) is 32.8 Å². The number of hydrogen-bond acceptors (Lipinski definition) is 5. The van der Waals surface area contributed by atoms with Crippen molar-refractivity contribution in [3.05, 3.63) is 34.9 Å². The van der Waals surface area contributed by atoms with Crippen LogP contribution in [0.3, 0.4) is 0 Å². The molecule has 236 valence electrons. The Morgan fingerprint density at radius 2 is 1.64 bits per heavy atom. The Labute approximate surface area is 251 Å². The summed E-state index contributed by atoms with van der Waals surface area (Å²) < 4.78 is 37.2. The predicted octanol–water partition coefficient (Wildman–Crippen LogP) is 3.79. The first kappa shape index (κ1) is 34.2. The van der Waals surface area contributed by atoms with E-state index in [0.29, 0.717) is 31.7 Å². The fourth-order valence-corrected chi connectivity index (χ4v) is 7.14. The fraction of sp³-hybridized carbons (Fsp3) is 0.710. The van der Waals surface area contributed by atoms with Crippen molar-refractivity contribution in [1.82, 2.24) is 4.90 Å². The summed E-state index contributed by atoms with van der Waals surface area (Å²) in [6, 6.07) is 8.63. The average molecular weight is 617 g/mol. The van der Waals surface area contributed by atoms with Crippen LogP contribution in [0.2, 0.25) is 5.02 Å². The SMILES string of the molecule is CCOC(=O)C1(C2CCCCC2)CCN(C(=O)C2CC[NH+](C(C)C)CC2c2ccc(Cl)cc2)CC1.O=C([O-])C(F)(F)F. The standard InChI is InChI=1S/C29H43ClN2O3.C2HF3O2/c1-4-35-28(34)29(23-8-6-5-7-9-23)15-18-31(19-16-29)27(33)25-14-17-32(21(2)3)20-26(25)22-10-12-24(30)13-11-22;3-2(4,5)1(6)7/h10-13,21,23,25-26H,4-9,14-20H2,1-3H3;(H,6,7). The van der Waals surface area contributed by atoms with E-state index in [2.05, 4.69) is 30.9 Å². The summed E-state index contributed by atoms with van der Waals surface area (Å²) in [5.74, 6) is -2.18. The van der Waals surface area contributed by atoms with E-state index in [-0.39, 0.29) is 23.7 Å². The van der Waals surface area contributed by atoms with Crippen molar-refractivity contribution in [1.29, 1.82) is 0 Å². The van der Waals surface area contributed by atoms with E-state index in [4.69, 9.17) is 26.2 Å². The van der Waals surface area contributed by atoms with E-state index < -0.39 is 17.6 Å². The molecule has 2 heterocycles. The van der Waals surface area contributed by atoms with E-state index in [1.807, 2.05) is 19.1 Å². The van der Waals surface area contributed by atoms with E-state index in [0.717, 1.165) is 50.2 Å². The van der Waals surface area contributed by atoms with E-state index in [9.17, 15) is 22.8 Å². The van der Waals surface area contributed by atoms with Crippen LogP contribution in [-0.2, 0) is 19.1 Å². The molecule has 0 spiro atoms. The smallest absolute Gasteiger partial charge is 0.430 e. The predicted molar refractivity (Wildman–Crippen MR) is 151 cm³/mol. The molecular weight excluding hydrogens is 573 g/mol. The molecule has 0 bridgehead atoms. The zero-order valence-corrected chi connectivity index (χ0v) is 25.6. The monoisotopic (exact) mass is 616 g/mol. The molecular formula is C31H44ClF3N2O5. The fourth-order valence-electron chi connectivity index (χ4n) is 7.02. The summed E-state index contributed by atoms with van der Waals surface area (Å²) in [4.78, 5) is 39.6. The van der Waals surface area contributed by atoms with Crippen molar-refractivity contribution >= 4 is 29.4 Å². The number of hydrogen-bond donors (Lipinski definition) is 1. The number of rotatable bonds is 6. The molecule has 1 aliphatic carbocycles. The maximum Gasteiger partial charge on any atom is 0.430 e. The number of aliphatic carboxylic acids is 1. The van der Waals surface area contributed by atoms with Gasteiger partial charge in [-0.3, -0.25) is 9.59 Å². The number of quaternary nitrogens is 1. The van der Waals surface area contributed by atoms with Gasteiger partial charge in [0.15, 0.2) is 0 Å². The number of likely N-dealkylation sites (tertiary alicyclic amines) is 2. The molecule has 2 saturated heterocycles. The Bertz CT molecular complexity index is 1050. The highest BCUT2D eigenvalue weighted by Crippen LogP contribution is 2.47. The molecule has 3 atom stereocenters. The molecule has 42 heavy (non-hydrogen) atoms. The summed E-state index contributed by atoms with van der Waals surface area (Å²) in [7, 11) is 0. The molecule has 0 radical (unpaired) electrons. The van der Waals surface area contributed by atoms with E-state index in [1.165, 1.54) is 24.8 Å². The number of carbonyl (C=O) groups is 3. The Kier molecular flexibility index (Phi) is 12.1. The molecule has 3 fully saturated rings. The number of nitrogens with one attached hydrogen (secondary N) is 1. The molecule has 2 aliphatic heterocycles. The highest BCUT2D eigenvalue weighted by Gasteiger charge is 2.50. The third-order valence-electron chi connectivity index (χ3n) is 9.44. The van der Waals surface area contributed by atoms with Crippen LogP contribution in [0.25, 0.3) is 0 Å². The van der Waals surface area contributed by atoms with Gasteiger partial charge in [-0.05, 0) is 70.1 Å². The largest absolute Gasteiger partial charge is 0.542 e. The number of alkyl halides is 3. The van der Waals surface area contributed by atoms with Gasteiger partial charge in [0.1, 0.15) is 5.97 Å². The molecule has 11 heteroatoms. The van der Waals surface area contributed by atoms with Crippen LogP contribution in [0.4, 0.5) is 13.2 Å². The Hall–Kier alpha value is -2.33. The van der Waals surface area contributed by atoms with Crippen LogP contribution >= 0.6 is 11.6 Å². The number of piperidine rings is 2. The highest BCUT2D eigenvalue weighted by atomic mass is 35.5. The van der Waals surface area contributed by atoms with Crippen LogP contribution in [0.5, 0.6) is 0 Å². The number of carboxylic acids is 1. The number of carbonyl (C=O) groups excluding carboxylic acids is 3. The molecule has 1 amide bonds. The zero-order valence-electron chi connectivity index (χ0n) is 24.8. The number of esters is 1. The Morgan fingerprint density at radius 1 is 1.07 bits per heavy atom. The molecule has 7 nitrogen and oxygen atoms in total. The highest BCUT2D eigenvalue weighted by molar-refractivity contribution is 6.30. The molecule has 1 N–H and O–H groups in total. The first-order chi connectivity index (χ1) is 19.8. The van der Waals surface area contributed by atoms with Gasteiger partial charge in [0.05, 0.1) is 37.1 Å². The Morgan fingerprint density at radius 3 is 2.14 bits per heavy atom. The third kappa shape index (κ3) is 8.40. The van der Waals surface area contributed by atoms with Gasteiger partial charge in [0.2, 0.25) is 5.91 Å². The van der Waals surface area contributed by atoms with Crippen LogP contribution in [0, 0.1) is 17.3 Å². The molecule has 1 aromatic carbocycles. The first-order valence-electron chi connectivity index (χ1n) is 15.1. The topological polar surface area (TPSA) is 91.2 Å². The van der Waals surface area contributed by atoms with Gasteiger partial charge in [-0.1, -0.05) is 43.0 Å². The normalized spacial score (nSPS) is 24.9. The van der Waals surface area contributed by atoms with E-state index >= 15 is 0 Å². The van der Waals surface area contributed by atoms with E-state index in [1.54, 1.807) is 4.90 Å². The lowest BCUT2D eigenvalue weighted by atomic mass is 9.63. The van der Waals surface area contributed by atoms with Gasteiger partial charge in [0, 0.05) is 30.5 Å². The number of halogens is 4. The zero-order chi connectivity index (χ0) is 31.1. The van der Waals surface area contributed by atoms with Gasteiger partial charge in [-0.15, -0.1) is 0 Å². The van der Waals surface area contributed by atoms with Crippen molar-refractivity contribution in [3.63, 3.8) is 0 Å². The van der Waals surface area contributed by atoms with Gasteiger partial charge < -0.3 is 24.4 Å². The lowest BCUT2D eigenvalue weighted by Gasteiger charge is -2.47. The number of nitrogens with zero attached hydrogens (tertiary/aromatic N) is 1. The lowest BCUT2D eigenvalue weighted by molar-refractivity contribution is -0.928. The number of benzene rings is 1. The lowest BCUT2D eigenvalue weighted by Crippen LogP contribution is -3.16. The van der Waals surface area contributed by atoms with Gasteiger partial charge in [-0.2, -0.15) is 13.2 Å².